The number of anilines is 1. The average molecular weight is 471 g/mol. The standard InChI is InChI=1S/C19H22FN3O8S/c1-22-17(28)16-9(23-19(21)29)5-12(32-16)7-2-3-10(8(20)4-7)30-18-15(27)14(26)13(25)11(6-24)31-18/h2-5,11,13-15,18,24-27H,6H2,1H3,(H,22,28)(H3,21,23,29). The maximum absolute atomic E-state index is 14.7. The van der Waals surface area contributed by atoms with E-state index in [-0.39, 0.29) is 16.3 Å². The molecule has 1 aliphatic rings. The number of ether oxygens (including phenoxy) is 2. The molecule has 0 saturated carbocycles. The number of aliphatic hydroxyl groups excluding tert-OH is 4. The van der Waals surface area contributed by atoms with Gasteiger partial charge in [0.1, 0.15) is 29.3 Å². The van der Waals surface area contributed by atoms with E-state index in [9.17, 15) is 34.4 Å². The lowest BCUT2D eigenvalue weighted by atomic mass is 9.99. The van der Waals surface area contributed by atoms with Gasteiger partial charge in [0.15, 0.2) is 11.6 Å². The first-order valence-electron chi connectivity index (χ1n) is 9.35. The Bertz CT molecular complexity index is 1000. The van der Waals surface area contributed by atoms with Crippen LogP contribution in [-0.4, -0.2) is 76.7 Å². The number of nitrogens with two attached hydrogens (primary N) is 1. The predicted molar refractivity (Wildman–Crippen MR) is 111 cm³/mol. The molecule has 2 aromatic rings. The molecule has 5 atom stereocenters. The first-order valence-corrected chi connectivity index (χ1v) is 10.2. The van der Waals surface area contributed by atoms with Gasteiger partial charge in [0.25, 0.3) is 5.91 Å². The molecule has 5 unspecified atom stereocenters. The molecule has 1 aromatic heterocycles. The Balaban J connectivity index is 1.85. The Kier molecular flexibility index (Phi) is 7.28. The van der Waals surface area contributed by atoms with E-state index in [0.29, 0.717) is 10.4 Å². The lowest BCUT2D eigenvalue weighted by Crippen LogP contribution is -2.60. The highest BCUT2D eigenvalue weighted by Gasteiger charge is 2.44. The number of benzene rings is 1. The van der Waals surface area contributed by atoms with Crippen molar-refractivity contribution in [3.63, 3.8) is 0 Å². The SMILES string of the molecule is CNC(=O)c1sc(-c2ccc(OC3OC(CO)C(O)C(O)C3O)c(F)c2)cc1NC(N)=O. The van der Waals surface area contributed by atoms with Gasteiger partial charge in [0, 0.05) is 11.9 Å². The van der Waals surface area contributed by atoms with Gasteiger partial charge in [-0.15, -0.1) is 11.3 Å². The smallest absolute Gasteiger partial charge is 0.316 e. The van der Waals surface area contributed by atoms with Gasteiger partial charge < -0.3 is 46.3 Å². The summed E-state index contributed by atoms with van der Waals surface area (Å²) in [4.78, 5) is 23.9. The Morgan fingerprint density at radius 1 is 1.22 bits per heavy atom. The van der Waals surface area contributed by atoms with Gasteiger partial charge in [-0.2, -0.15) is 0 Å². The molecule has 3 amide bonds. The largest absolute Gasteiger partial charge is 0.459 e. The van der Waals surface area contributed by atoms with Crippen LogP contribution < -0.4 is 21.1 Å². The van der Waals surface area contributed by atoms with Gasteiger partial charge >= 0.3 is 6.03 Å². The summed E-state index contributed by atoms with van der Waals surface area (Å²) >= 11 is 0.999. The first-order chi connectivity index (χ1) is 15.2. The van der Waals surface area contributed by atoms with Crippen LogP contribution in [0.1, 0.15) is 9.67 Å². The Labute approximate surface area is 185 Å². The number of nitrogens with one attached hydrogen (secondary N) is 2. The predicted octanol–water partition coefficient (Wildman–Crippen LogP) is -0.417. The summed E-state index contributed by atoms with van der Waals surface area (Å²) in [6.45, 7) is -0.653. The number of halogens is 1. The third kappa shape index (κ3) is 4.82. The van der Waals surface area contributed by atoms with E-state index in [1.54, 1.807) is 0 Å². The van der Waals surface area contributed by atoms with Crippen LogP contribution in [0.3, 0.4) is 0 Å². The number of carbonyl (C=O) groups excluding carboxylic acids is 2. The molecule has 0 aliphatic carbocycles. The minimum atomic E-state index is -1.69. The van der Waals surface area contributed by atoms with Crippen LogP contribution in [0.5, 0.6) is 5.75 Å². The van der Waals surface area contributed by atoms with Gasteiger partial charge in [-0.1, -0.05) is 0 Å². The topological polar surface area (TPSA) is 184 Å². The third-order valence-corrected chi connectivity index (χ3v) is 5.91. The summed E-state index contributed by atoms with van der Waals surface area (Å²) < 4.78 is 25.2. The molecule has 32 heavy (non-hydrogen) atoms. The molecule has 2 heterocycles. The first kappa shape index (κ1) is 23.8. The van der Waals surface area contributed by atoms with E-state index in [0.717, 1.165) is 17.4 Å². The van der Waals surface area contributed by atoms with Crippen LogP contribution in [0.2, 0.25) is 0 Å². The average Bonchev–Trinajstić information content (AvgIpc) is 3.17. The Hall–Kier alpha value is -2.81. The Morgan fingerprint density at radius 2 is 1.94 bits per heavy atom. The van der Waals surface area contributed by atoms with E-state index in [1.807, 2.05) is 0 Å². The van der Waals surface area contributed by atoms with Crippen molar-refractivity contribution in [3.05, 3.63) is 35.0 Å². The van der Waals surface area contributed by atoms with E-state index < -0.39 is 55.1 Å². The van der Waals surface area contributed by atoms with Crippen LogP contribution in [-0.2, 0) is 4.74 Å². The van der Waals surface area contributed by atoms with Gasteiger partial charge in [-0.05, 0) is 29.8 Å². The molecule has 174 valence electrons. The van der Waals surface area contributed by atoms with Crippen molar-refractivity contribution in [3.8, 4) is 16.2 Å². The van der Waals surface area contributed by atoms with Crippen molar-refractivity contribution in [1.82, 2.24) is 5.32 Å². The second kappa shape index (κ2) is 9.77. The molecular formula is C19H22FN3O8S. The van der Waals surface area contributed by atoms with Gasteiger partial charge in [0.05, 0.1) is 12.3 Å². The van der Waals surface area contributed by atoms with E-state index >= 15 is 0 Å². The number of rotatable bonds is 6. The minimum absolute atomic E-state index is 0.166. The van der Waals surface area contributed by atoms with Crippen LogP contribution in [0.25, 0.3) is 10.4 Å². The minimum Gasteiger partial charge on any atom is -0.459 e. The second-order valence-electron chi connectivity index (χ2n) is 6.88. The molecule has 8 N–H and O–H groups in total. The Morgan fingerprint density at radius 3 is 2.53 bits per heavy atom. The lowest BCUT2D eigenvalue weighted by molar-refractivity contribution is -0.277. The normalized spacial score (nSPS) is 25.2. The van der Waals surface area contributed by atoms with Crippen LogP contribution in [0.15, 0.2) is 24.3 Å². The number of aliphatic hydroxyl groups is 4. The highest BCUT2D eigenvalue weighted by Crippen LogP contribution is 2.37. The van der Waals surface area contributed by atoms with Crippen molar-refractivity contribution in [2.75, 3.05) is 19.0 Å². The number of urea groups is 1. The van der Waals surface area contributed by atoms with E-state index in [1.165, 1.54) is 25.2 Å². The highest BCUT2D eigenvalue weighted by atomic mass is 32.1. The molecule has 0 bridgehead atoms. The molecule has 1 aliphatic heterocycles. The quantitative estimate of drug-likeness (QED) is 0.296. The van der Waals surface area contributed by atoms with Gasteiger partial charge in [0.2, 0.25) is 6.29 Å². The molecule has 11 nitrogen and oxygen atoms in total. The number of carbonyl (C=O) groups is 2. The van der Waals surface area contributed by atoms with Crippen molar-refractivity contribution < 1.29 is 43.9 Å². The van der Waals surface area contributed by atoms with Gasteiger partial charge in [-0.25, -0.2) is 9.18 Å². The maximum atomic E-state index is 14.7. The monoisotopic (exact) mass is 471 g/mol. The molecule has 0 spiro atoms. The maximum Gasteiger partial charge on any atom is 0.316 e. The molecular weight excluding hydrogens is 449 g/mol. The van der Waals surface area contributed by atoms with Crippen LogP contribution in [0.4, 0.5) is 14.9 Å². The van der Waals surface area contributed by atoms with Crippen LogP contribution >= 0.6 is 11.3 Å². The zero-order valence-corrected chi connectivity index (χ0v) is 17.5. The molecule has 13 heteroatoms. The number of amides is 3. The summed E-state index contributed by atoms with van der Waals surface area (Å²) in [6.07, 6.45) is -7.68. The summed E-state index contributed by atoms with van der Waals surface area (Å²) in [5.41, 5.74) is 5.65. The molecule has 1 aromatic carbocycles. The zero-order valence-electron chi connectivity index (χ0n) is 16.7. The van der Waals surface area contributed by atoms with Crippen molar-refractivity contribution in [2.45, 2.75) is 30.7 Å². The summed E-state index contributed by atoms with van der Waals surface area (Å²) in [5.74, 6) is -1.64. The molecule has 1 saturated heterocycles. The second-order valence-corrected chi connectivity index (χ2v) is 7.93. The summed E-state index contributed by atoms with van der Waals surface area (Å²) in [5, 5.41) is 43.7. The van der Waals surface area contributed by atoms with E-state index in [4.69, 9.17) is 15.2 Å². The van der Waals surface area contributed by atoms with Gasteiger partial charge in [-0.3, -0.25) is 4.79 Å². The zero-order chi connectivity index (χ0) is 23.6. The van der Waals surface area contributed by atoms with Crippen LogP contribution in [0, 0.1) is 5.82 Å². The number of primary amides is 1. The number of hydrogen-bond donors (Lipinski definition) is 7. The fraction of sp³-hybridized carbons (Fsp3) is 0.368. The molecule has 0 radical (unpaired) electrons. The third-order valence-electron chi connectivity index (χ3n) is 4.73. The van der Waals surface area contributed by atoms with Crippen molar-refractivity contribution >= 4 is 29.0 Å². The van der Waals surface area contributed by atoms with E-state index in [2.05, 4.69) is 10.6 Å². The van der Waals surface area contributed by atoms with Crippen molar-refractivity contribution in [1.29, 1.82) is 0 Å². The number of thiophene rings is 1. The lowest BCUT2D eigenvalue weighted by Gasteiger charge is -2.39. The highest BCUT2D eigenvalue weighted by molar-refractivity contribution is 7.18. The molecule has 1 fully saturated rings. The summed E-state index contributed by atoms with van der Waals surface area (Å²) in [6, 6.07) is 4.41. The fourth-order valence-corrected chi connectivity index (χ4v) is 4.14. The fourth-order valence-electron chi connectivity index (χ4n) is 3.08. The molecule has 3 rings (SSSR count). The number of hydrogen-bond acceptors (Lipinski definition) is 9. The summed E-state index contributed by atoms with van der Waals surface area (Å²) in [7, 11) is 1.42. The van der Waals surface area contributed by atoms with Crippen molar-refractivity contribution in [2.24, 2.45) is 5.73 Å².